The van der Waals surface area contributed by atoms with Crippen LogP contribution in [-0.4, -0.2) is 55.0 Å². The first-order chi connectivity index (χ1) is 9.02. The van der Waals surface area contributed by atoms with E-state index in [4.69, 9.17) is 5.73 Å². The van der Waals surface area contributed by atoms with E-state index in [1.807, 2.05) is 23.1 Å². The predicted molar refractivity (Wildman–Crippen MR) is 88.2 cm³/mol. The highest BCUT2D eigenvalue weighted by atomic mass is 127. The number of nitrogens with two attached hydrogens (primary N) is 1. The molecular formula is C13H17BrIN3O. The Hall–Kier alpha value is -0.180. The van der Waals surface area contributed by atoms with Gasteiger partial charge in [0.25, 0.3) is 5.91 Å². The van der Waals surface area contributed by atoms with Crippen molar-refractivity contribution >= 4 is 44.4 Å². The van der Waals surface area contributed by atoms with Crippen LogP contribution >= 0.6 is 38.5 Å². The first-order valence-electron chi connectivity index (χ1n) is 6.17. The Kier molecular flexibility index (Phi) is 5.22. The standard InChI is InChI=1S/C13H17BrIN3O/c1-17-4-5-18(10(7-16)8-17)13(19)11-6-9(15)2-3-12(11)14/h2-3,6,10H,4-5,7-8,16H2,1H3. The largest absolute Gasteiger partial charge is 0.332 e. The number of likely N-dealkylation sites (N-methyl/N-ethyl adjacent to an activating group) is 1. The molecule has 0 aromatic heterocycles. The van der Waals surface area contributed by atoms with Crippen molar-refractivity contribution in [2.45, 2.75) is 6.04 Å². The van der Waals surface area contributed by atoms with Gasteiger partial charge >= 0.3 is 0 Å². The van der Waals surface area contributed by atoms with Crippen LogP contribution in [0.4, 0.5) is 0 Å². The molecule has 1 heterocycles. The third-order valence-corrected chi connectivity index (χ3v) is 4.74. The van der Waals surface area contributed by atoms with Crippen molar-refractivity contribution in [3.8, 4) is 0 Å². The molecule has 6 heteroatoms. The number of carbonyl (C=O) groups excluding carboxylic acids is 1. The van der Waals surface area contributed by atoms with Crippen LogP contribution in [0.5, 0.6) is 0 Å². The zero-order valence-corrected chi connectivity index (χ0v) is 14.5. The van der Waals surface area contributed by atoms with Gasteiger partial charge in [0.05, 0.1) is 11.6 Å². The minimum absolute atomic E-state index is 0.0638. The second kappa shape index (κ2) is 6.51. The quantitative estimate of drug-likeness (QED) is 0.717. The number of rotatable bonds is 2. The zero-order valence-electron chi connectivity index (χ0n) is 10.8. The Balaban J connectivity index is 2.25. The predicted octanol–water partition coefficient (Wildman–Crippen LogP) is 1.77. The molecule has 0 bridgehead atoms. The Morgan fingerprint density at radius 3 is 2.95 bits per heavy atom. The van der Waals surface area contributed by atoms with Crippen LogP contribution < -0.4 is 5.73 Å². The summed E-state index contributed by atoms with van der Waals surface area (Å²) >= 11 is 5.68. The number of piperazine rings is 1. The van der Waals surface area contributed by atoms with Gasteiger partial charge in [0.2, 0.25) is 0 Å². The van der Waals surface area contributed by atoms with Gasteiger partial charge in [-0.05, 0) is 63.8 Å². The van der Waals surface area contributed by atoms with Gasteiger partial charge in [0.15, 0.2) is 0 Å². The van der Waals surface area contributed by atoms with Crippen molar-refractivity contribution in [3.05, 3.63) is 31.8 Å². The monoisotopic (exact) mass is 437 g/mol. The maximum atomic E-state index is 12.7. The van der Waals surface area contributed by atoms with Crippen LogP contribution in [0.15, 0.2) is 22.7 Å². The minimum Gasteiger partial charge on any atom is -0.332 e. The molecule has 1 amide bonds. The average molecular weight is 438 g/mol. The van der Waals surface area contributed by atoms with E-state index < -0.39 is 0 Å². The molecule has 1 aliphatic heterocycles. The topological polar surface area (TPSA) is 49.6 Å². The zero-order chi connectivity index (χ0) is 14.0. The van der Waals surface area contributed by atoms with Crippen molar-refractivity contribution in [1.29, 1.82) is 0 Å². The first kappa shape index (κ1) is 15.2. The van der Waals surface area contributed by atoms with Gasteiger partial charge < -0.3 is 15.5 Å². The summed E-state index contributed by atoms with van der Waals surface area (Å²) in [7, 11) is 2.06. The van der Waals surface area contributed by atoms with Crippen LogP contribution in [-0.2, 0) is 0 Å². The number of carbonyl (C=O) groups is 1. The maximum absolute atomic E-state index is 12.7. The van der Waals surface area contributed by atoms with Crippen molar-refractivity contribution in [2.75, 3.05) is 33.2 Å². The SMILES string of the molecule is CN1CCN(C(=O)c2cc(I)ccc2Br)C(CN)C1. The number of hydrogen-bond acceptors (Lipinski definition) is 3. The lowest BCUT2D eigenvalue weighted by atomic mass is 10.1. The molecule has 2 rings (SSSR count). The van der Waals surface area contributed by atoms with Gasteiger partial charge in [-0.3, -0.25) is 4.79 Å². The summed E-state index contributed by atoms with van der Waals surface area (Å²) < 4.78 is 1.90. The van der Waals surface area contributed by atoms with E-state index in [2.05, 4.69) is 50.5 Å². The van der Waals surface area contributed by atoms with E-state index >= 15 is 0 Å². The number of halogens is 2. The molecule has 1 fully saturated rings. The number of benzene rings is 1. The molecule has 0 radical (unpaired) electrons. The first-order valence-corrected chi connectivity index (χ1v) is 8.04. The van der Waals surface area contributed by atoms with Gasteiger partial charge in [-0.1, -0.05) is 0 Å². The summed E-state index contributed by atoms with van der Waals surface area (Å²) in [6, 6.07) is 5.91. The maximum Gasteiger partial charge on any atom is 0.255 e. The molecule has 104 valence electrons. The third kappa shape index (κ3) is 3.48. The summed E-state index contributed by atoms with van der Waals surface area (Å²) in [4.78, 5) is 16.8. The van der Waals surface area contributed by atoms with Gasteiger partial charge in [-0.25, -0.2) is 0 Å². The fourth-order valence-electron chi connectivity index (χ4n) is 2.30. The molecule has 0 saturated carbocycles. The Morgan fingerprint density at radius 2 is 2.26 bits per heavy atom. The van der Waals surface area contributed by atoms with Gasteiger partial charge in [0, 0.05) is 34.2 Å². The van der Waals surface area contributed by atoms with E-state index in [-0.39, 0.29) is 11.9 Å². The third-order valence-electron chi connectivity index (χ3n) is 3.38. The highest BCUT2D eigenvalue weighted by Crippen LogP contribution is 2.22. The van der Waals surface area contributed by atoms with E-state index in [0.717, 1.165) is 33.2 Å². The number of amides is 1. The molecule has 1 aromatic carbocycles. The molecule has 1 saturated heterocycles. The summed E-state index contributed by atoms with van der Waals surface area (Å²) in [6.45, 7) is 2.96. The molecule has 0 aliphatic carbocycles. The Bertz CT molecular complexity index is 483. The minimum atomic E-state index is 0.0638. The van der Waals surface area contributed by atoms with E-state index in [1.165, 1.54) is 0 Å². The van der Waals surface area contributed by atoms with Crippen LogP contribution in [0, 0.1) is 3.57 Å². The lowest BCUT2D eigenvalue weighted by Gasteiger charge is -2.39. The van der Waals surface area contributed by atoms with E-state index in [1.54, 1.807) is 0 Å². The second-order valence-electron chi connectivity index (χ2n) is 4.77. The van der Waals surface area contributed by atoms with Crippen molar-refractivity contribution in [3.63, 3.8) is 0 Å². The normalized spacial score (nSPS) is 20.6. The molecule has 2 N–H and O–H groups in total. The second-order valence-corrected chi connectivity index (χ2v) is 6.87. The summed E-state index contributed by atoms with van der Waals surface area (Å²) in [6.07, 6.45) is 0. The average Bonchev–Trinajstić information content (AvgIpc) is 2.40. The van der Waals surface area contributed by atoms with E-state index in [9.17, 15) is 4.79 Å². The molecular weight excluding hydrogens is 421 g/mol. The van der Waals surface area contributed by atoms with Gasteiger partial charge in [0.1, 0.15) is 0 Å². The lowest BCUT2D eigenvalue weighted by molar-refractivity contribution is 0.0515. The summed E-state index contributed by atoms with van der Waals surface area (Å²) in [5.41, 5.74) is 6.52. The highest BCUT2D eigenvalue weighted by Gasteiger charge is 2.29. The van der Waals surface area contributed by atoms with Crippen molar-refractivity contribution < 1.29 is 4.79 Å². The molecule has 19 heavy (non-hydrogen) atoms. The summed E-state index contributed by atoms with van der Waals surface area (Å²) in [5, 5.41) is 0. The van der Waals surface area contributed by atoms with Crippen LogP contribution in [0.2, 0.25) is 0 Å². The molecule has 1 aromatic rings. The van der Waals surface area contributed by atoms with Crippen LogP contribution in [0.3, 0.4) is 0 Å². The van der Waals surface area contributed by atoms with Crippen molar-refractivity contribution in [1.82, 2.24) is 9.80 Å². The molecule has 1 unspecified atom stereocenters. The number of nitrogens with zero attached hydrogens (tertiary/aromatic N) is 2. The fraction of sp³-hybridized carbons (Fsp3) is 0.462. The highest BCUT2D eigenvalue weighted by molar-refractivity contribution is 14.1. The Morgan fingerprint density at radius 1 is 1.53 bits per heavy atom. The molecule has 4 nitrogen and oxygen atoms in total. The fourth-order valence-corrected chi connectivity index (χ4v) is 3.20. The molecule has 1 aliphatic rings. The summed E-state index contributed by atoms with van der Waals surface area (Å²) in [5.74, 6) is 0.0638. The number of hydrogen-bond donors (Lipinski definition) is 1. The van der Waals surface area contributed by atoms with Gasteiger partial charge in [-0.2, -0.15) is 0 Å². The molecule has 1 atom stereocenters. The van der Waals surface area contributed by atoms with Crippen LogP contribution in [0.25, 0.3) is 0 Å². The van der Waals surface area contributed by atoms with E-state index in [0.29, 0.717) is 6.54 Å². The van der Waals surface area contributed by atoms with Crippen molar-refractivity contribution in [2.24, 2.45) is 5.73 Å². The lowest BCUT2D eigenvalue weighted by Crippen LogP contribution is -2.56. The smallest absolute Gasteiger partial charge is 0.255 e. The van der Waals surface area contributed by atoms with Crippen LogP contribution in [0.1, 0.15) is 10.4 Å². The van der Waals surface area contributed by atoms with Gasteiger partial charge in [-0.15, -0.1) is 0 Å². The molecule has 0 spiro atoms. The Labute approximate surface area is 135 Å².